The molecule has 0 aromatic carbocycles. The monoisotopic (exact) mass is 260 g/mol. The van der Waals surface area contributed by atoms with Crippen molar-refractivity contribution in [2.45, 2.75) is 26.7 Å². The molecule has 0 aliphatic heterocycles. The van der Waals surface area contributed by atoms with Gasteiger partial charge in [0.2, 0.25) is 0 Å². The molecule has 6 heteroatoms. The van der Waals surface area contributed by atoms with E-state index >= 15 is 0 Å². The maximum absolute atomic E-state index is 4.35. The quantitative estimate of drug-likeness (QED) is 0.863. The molecular weight excluding hydrogens is 240 g/mol. The SMILES string of the molecule is CCCc1c(NC)ncnc1Nc1cn(C)nc1C. The highest BCUT2D eigenvalue weighted by atomic mass is 15.3. The summed E-state index contributed by atoms with van der Waals surface area (Å²) < 4.78 is 1.79. The minimum Gasteiger partial charge on any atom is -0.373 e. The smallest absolute Gasteiger partial charge is 0.139 e. The molecule has 0 spiro atoms. The van der Waals surface area contributed by atoms with Gasteiger partial charge in [-0.25, -0.2) is 9.97 Å². The van der Waals surface area contributed by atoms with Gasteiger partial charge in [-0.05, 0) is 13.3 Å². The van der Waals surface area contributed by atoms with Crippen LogP contribution in [0.15, 0.2) is 12.5 Å². The van der Waals surface area contributed by atoms with Gasteiger partial charge in [0.25, 0.3) is 0 Å². The first-order valence-electron chi connectivity index (χ1n) is 6.44. The molecule has 0 atom stereocenters. The fourth-order valence-electron chi connectivity index (χ4n) is 2.07. The first-order valence-corrected chi connectivity index (χ1v) is 6.44. The van der Waals surface area contributed by atoms with E-state index in [1.54, 1.807) is 11.0 Å². The average molecular weight is 260 g/mol. The minimum absolute atomic E-state index is 0.845. The Labute approximate surface area is 113 Å². The third kappa shape index (κ3) is 2.83. The van der Waals surface area contributed by atoms with E-state index in [2.05, 4.69) is 32.6 Å². The molecule has 102 valence electrons. The molecule has 19 heavy (non-hydrogen) atoms. The molecule has 0 bridgehead atoms. The van der Waals surface area contributed by atoms with Crippen LogP contribution in [0.4, 0.5) is 17.3 Å². The third-order valence-corrected chi connectivity index (χ3v) is 2.95. The van der Waals surface area contributed by atoms with Gasteiger partial charge in [-0.3, -0.25) is 4.68 Å². The summed E-state index contributed by atoms with van der Waals surface area (Å²) in [5.74, 6) is 1.72. The van der Waals surface area contributed by atoms with Crippen LogP contribution in [-0.4, -0.2) is 26.8 Å². The Morgan fingerprint density at radius 1 is 1.26 bits per heavy atom. The second kappa shape index (κ2) is 5.69. The topological polar surface area (TPSA) is 67.7 Å². The molecular formula is C13H20N6. The molecule has 0 aliphatic carbocycles. The van der Waals surface area contributed by atoms with Crippen molar-refractivity contribution < 1.29 is 0 Å². The van der Waals surface area contributed by atoms with Crippen molar-refractivity contribution in [3.63, 3.8) is 0 Å². The first kappa shape index (κ1) is 13.3. The number of nitrogens with zero attached hydrogens (tertiary/aromatic N) is 4. The molecule has 2 rings (SSSR count). The van der Waals surface area contributed by atoms with Crippen LogP contribution in [-0.2, 0) is 13.5 Å². The molecule has 0 unspecified atom stereocenters. The van der Waals surface area contributed by atoms with Crippen LogP contribution < -0.4 is 10.6 Å². The first-order chi connectivity index (χ1) is 9.15. The van der Waals surface area contributed by atoms with Gasteiger partial charge < -0.3 is 10.6 Å². The van der Waals surface area contributed by atoms with Crippen molar-refractivity contribution >= 4 is 17.3 Å². The molecule has 0 fully saturated rings. The van der Waals surface area contributed by atoms with E-state index in [0.717, 1.165) is 41.4 Å². The summed E-state index contributed by atoms with van der Waals surface area (Å²) in [4.78, 5) is 8.61. The molecule has 2 heterocycles. The number of rotatable bonds is 5. The number of nitrogens with one attached hydrogen (secondary N) is 2. The van der Waals surface area contributed by atoms with Crippen LogP contribution in [0.3, 0.4) is 0 Å². The normalized spacial score (nSPS) is 10.5. The fraction of sp³-hybridized carbons (Fsp3) is 0.462. The zero-order valence-corrected chi connectivity index (χ0v) is 11.9. The number of aromatic nitrogens is 4. The van der Waals surface area contributed by atoms with E-state index < -0.39 is 0 Å². The Bertz CT molecular complexity index is 560. The molecule has 0 saturated carbocycles. The van der Waals surface area contributed by atoms with Crippen LogP contribution in [0, 0.1) is 6.92 Å². The van der Waals surface area contributed by atoms with E-state index in [1.807, 2.05) is 27.2 Å². The molecule has 2 aromatic rings. The molecule has 0 aliphatic rings. The lowest BCUT2D eigenvalue weighted by Gasteiger charge is -2.13. The van der Waals surface area contributed by atoms with Crippen molar-refractivity contribution in [3.05, 3.63) is 23.8 Å². The van der Waals surface area contributed by atoms with Crippen molar-refractivity contribution in [1.82, 2.24) is 19.7 Å². The number of anilines is 3. The zero-order valence-electron chi connectivity index (χ0n) is 11.9. The van der Waals surface area contributed by atoms with E-state index in [4.69, 9.17) is 0 Å². The zero-order chi connectivity index (χ0) is 13.8. The standard InChI is InChI=1S/C13H20N6/c1-5-6-10-12(14-3)15-8-16-13(10)17-11-7-19(4)18-9(11)2/h7-8H,5-6H2,1-4H3,(H2,14,15,16,17). The van der Waals surface area contributed by atoms with E-state index in [0.29, 0.717) is 0 Å². The molecule has 0 amide bonds. The third-order valence-electron chi connectivity index (χ3n) is 2.95. The predicted octanol–water partition coefficient (Wildman–Crippen LogP) is 2.26. The van der Waals surface area contributed by atoms with E-state index in [-0.39, 0.29) is 0 Å². The van der Waals surface area contributed by atoms with Crippen LogP contribution in [0.1, 0.15) is 24.6 Å². The van der Waals surface area contributed by atoms with Gasteiger partial charge in [-0.15, -0.1) is 0 Å². The lowest BCUT2D eigenvalue weighted by atomic mass is 10.1. The summed E-state index contributed by atoms with van der Waals surface area (Å²) in [6, 6.07) is 0. The second-order valence-electron chi connectivity index (χ2n) is 4.48. The summed E-state index contributed by atoms with van der Waals surface area (Å²) in [7, 11) is 3.78. The predicted molar refractivity (Wildman–Crippen MR) is 76.8 cm³/mol. The average Bonchev–Trinajstić information content (AvgIpc) is 2.70. The summed E-state index contributed by atoms with van der Waals surface area (Å²) in [6.45, 7) is 4.12. The van der Waals surface area contributed by atoms with Gasteiger partial charge in [-0.2, -0.15) is 5.10 Å². The summed E-state index contributed by atoms with van der Waals surface area (Å²) in [5.41, 5.74) is 3.03. The number of hydrogen-bond acceptors (Lipinski definition) is 5. The van der Waals surface area contributed by atoms with Crippen molar-refractivity contribution in [3.8, 4) is 0 Å². The Morgan fingerprint density at radius 3 is 2.58 bits per heavy atom. The van der Waals surface area contributed by atoms with Gasteiger partial charge in [0, 0.05) is 25.9 Å². The highest BCUT2D eigenvalue weighted by molar-refractivity contribution is 5.65. The largest absolute Gasteiger partial charge is 0.373 e. The van der Waals surface area contributed by atoms with Crippen LogP contribution >= 0.6 is 0 Å². The Hall–Kier alpha value is -2.11. The highest BCUT2D eigenvalue weighted by Gasteiger charge is 2.12. The number of aryl methyl sites for hydroxylation is 2. The van der Waals surface area contributed by atoms with Gasteiger partial charge in [0.15, 0.2) is 0 Å². The van der Waals surface area contributed by atoms with Gasteiger partial charge in [0.1, 0.15) is 18.0 Å². The van der Waals surface area contributed by atoms with E-state index in [1.165, 1.54) is 0 Å². The lowest BCUT2D eigenvalue weighted by Crippen LogP contribution is -2.05. The van der Waals surface area contributed by atoms with E-state index in [9.17, 15) is 0 Å². The van der Waals surface area contributed by atoms with Gasteiger partial charge >= 0.3 is 0 Å². The van der Waals surface area contributed by atoms with Crippen LogP contribution in [0.5, 0.6) is 0 Å². The minimum atomic E-state index is 0.845. The van der Waals surface area contributed by atoms with Crippen molar-refractivity contribution in [1.29, 1.82) is 0 Å². The Kier molecular flexibility index (Phi) is 3.99. The Morgan fingerprint density at radius 2 is 2.00 bits per heavy atom. The molecule has 0 saturated heterocycles. The maximum Gasteiger partial charge on any atom is 0.139 e. The lowest BCUT2D eigenvalue weighted by molar-refractivity contribution is 0.756. The van der Waals surface area contributed by atoms with Crippen LogP contribution in [0.25, 0.3) is 0 Å². The summed E-state index contributed by atoms with van der Waals surface area (Å²) in [5, 5.41) is 10.8. The van der Waals surface area contributed by atoms with Crippen molar-refractivity contribution in [2.24, 2.45) is 7.05 Å². The van der Waals surface area contributed by atoms with Crippen molar-refractivity contribution in [2.75, 3.05) is 17.7 Å². The second-order valence-corrected chi connectivity index (χ2v) is 4.48. The van der Waals surface area contributed by atoms with Gasteiger partial charge in [0.05, 0.1) is 11.4 Å². The van der Waals surface area contributed by atoms with Crippen LogP contribution in [0.2, 0.25) is 0 Å². The molecule has 6 nitrogen and oxygen atoms in total. The molecule has 0 radical (unpaired) electrons. The Balaban J connectivity index is 2.36. The molecule has 2 N–H and O–H groups in total. The summed E-state index contributed by atoms with van der Waals surface area (Å²) >= 11 is 0. The number of hydrogen-bond donors (Lipinski definition) is 2. The maximum atomic E-state index is 4.35. The fourth-order valence-corrected chi connectivity index (χ4v) is 2.07. The van der Waals surface area contributed by atoms with Gasteiger partial charge in [-0.1, -0.05) is 13.3 Å². The highest BCUT2D eigenvalue weighted by Crippen LogP contribution is 2.25. The molecule has 2 aromatic heterocycles. The summed E-state index contributed by atoms with van der Waals surface area (Å²) in [6.07, 6.45) is 5.49.